The van der Waals surface area contributed by atoms with Gasteiger partial charge in [0, 0.05) is 18.6 Å². The summed E-state index contributed by atoms with van der Waals surface area (Å²) in [5.74, 6) is 0.512. The van der Waals surface area contributed by atoms with Gasteiger partial charge in [-0.3, -0.25) is 14.5 Å². The minimum absolute atomic E-state index is 0.163. The van der Waals surface area contributed by atoms with Crippen molar-refractivity contribution in [3.8, 4) is 0 Å². The van der Waals surface area contributed by atoms with Gasteiger partial charge in [0.25, 0.3) is 5.24 Å². The number of nitrogens with one attached hydrogen (secondary N) is 1. The highest BCUT2D eigenvalue weighted by Gasteiger charge is 2.34. The fourth-order valence-corrected chi connectivity index (χ4v) is 4.14. The molecule has 3 aromatic rings. The third kappa shape index (κ3) is 3.85. The smallest absolute Gasteiger partial charge is 0.300 e. The van der Waals surface area contributed by atoms with E-state index >= 15 is 0 Å². The molecule has 0 saturated carbocycles. The second kappa shape index (κ2) is 7.64. The molecule has 1 atom stereocenters. The van der Waals surface area contributed by atoms with Crippen LogP contribution in [-0.4, -0.2) is 27.9 Å². The Hall–Kier alpha value is -3.07. The molecule has 30 heavy (non-hydrogen) atoms. The molecule has 9 heteroatoms. The molecule has 0 radical (unpaired) electrons. The molecule has 1 aromatic heterocycles. The highest BCUT2D eigenvalue weighted by Crippen LogP contribution is 2.36. The highest BCUT2D eigenvalue weighted by atomic mass is 32.2. The van der Waals surface area contributed by atoms with Crippen LogP contribution in [0.5, 0.6) is 0 Å². The molecular weight excluding hydrogens is 413 g/mol. The number of benzene rings is 2. The van der Waals surface area contributed by atoms with Gasteiger partial charge in [0.15, 0.2) is 0 Å². The zero-order chi connectivity index (χ0) is 21.5. The first-order valence-corrected chi connectivity index (χ1v) is 9.90. The van der Waals surface area contributed by atoms with Crippen molar-refractivity contribution in [1.29, 1.82) is 0 Å². The molecule has 2 heterocycles. The van der Waals surface area contributed by atoms with E-state index in [4.69, 9.17) is 0 Å². The van der Waals surface area contributed by atoms with Crippen LogP contribution in [0.2, 0.25) is 0 Å². The van der Waals surface area contributed by atoms with Crippen molar-refractivity contribution in [2.45, 2.75) is 19.1 Å². The van der Waals surface area contributed by atoms with E-state index in [0.717, 1.165) is 28.8 Å². The van der Waals surface area contributed by atoms with Gasteiger partial charge in [0.05, 0.1) is 22.0 Å². The molecule has 1 saturated heterocycles. The summed E-state index contributed by atoms with van der Waals surface area (Å²) in [5.41, 5.74) is 1.01. The van der Waals surface area contributed by atoms with Crippen LogP contribution in [-0.2, 0) is 6.18 Å². The number of aromatic nitrogens is 2. The van der Waals surface area contributed by atoms with Crippen LogP contribution in [0.1, 0.15) is 29.7 Å². The summed E-state index contributed by atoms with van der Waals surface area (Å²) in [6, 6.07) is 10.5. The Morgan fingerprint density at radius 1 is 1.23 bits per heavy atom. The summed E-state index contributed by atoms with van der Waals surface area (Å²) in [6.07, 6.45) is -0.862. The molecule has 2 aromatic carbocycles. The second-order valence-electron chi connectivity index (χ2n) is 6.78. The summed E-state index contributed by atoms with van der Waals surface area (Å²) in [6.45, 7) is 1.69. The minimum atomic E-state index is -4.43. The van der Waals surface area contributed by atoms with Gasteiger partial charge in [-0.2, -0.15) is 18.3 Å². The summed E-state index contributed by atoms with van der Waals surface area (Å²) >= 11 is 1.06. The van der Waals surface area contributed by atoms with E-state index in [0.29, 0.717) is 16.3 Å². The number of hydrogen-bond acceptors (Lipinski definition) is 4. The zero-order valence-corrected chi connectivity index (χ0v) is 16.9. The number of carbonyl (C=O) groups excluding carboxylic acids is 1. The molecule has 5 nitrogen and oxygen atoms in total. The molecule has 0 unspecified atom stereocenters. The topological polar surface area (TPSA) is 59.3 Å². The van der Waals surface area contributed by atoms with Crippen LogP contribution in [0, 0.1) is 0 Å². The van der Waals surface area contributed by atoms with Crippen molar-refractivity contribution in [1.82, 2.24) is 15.1 Å². The first-order chi connectivity index (χ1) is 14.3. The molecule has 1 aliphatic heterocycles. The maximum atomic E-state index is 13.4. The molecular formula is C21H17F3N4OS. The normalized spacial score (nSPS) is 18.4. The van der Waals surface area contributed by atoms with Crippen molar-refractivity contribution < 1.29 is 18.0 Å². The molecule has 1 amide bonds. The van der Waals surface area contributed by atoms with E-state index in [9.17, 15) is 18.0 Å². The van der Waals surface area contributed by atoms with Gasteiger partial charge in [-0.15, -0.1) is 0 Å². The summed E-state index contributed by atoms with van der Waals surface area (Å²) < 4.78 is 41.7. The first-order valence-electron chi connectivity index (χ1n) is 9.09. The number of thioether (sulfide) groups is 1. The Labute approximate surface area is 174 Å². The SMILES string of the molecule is CN=C1NC(=O)S/C1=C\c1ccc2nn([C@@H](C)c3ccccc3C(F)(F)F)cc2c1. The number of hydrogen-bond donors (Lipinski definition) is 1. The average Bonchev–Trinajstić information content (AvgIpc) is 3.29. The Balaban J connectivity index is 1.70. The lowest BCUT2D eigenvalue weighted by molar-refractivity contribution is -0.138. The van der Waals surface area contributed by atoms with Crippen molar-refractivity contribution in [3.63, 3.8) is 0 Å². The van der Waals surface area contributed by atoms with Crippen molar-refractivity contribution >= 4 is 39.8 Å². The van der Waals surface area contributed by atoms with Gasteiger partial charge in [-0.25, -0.2) is 0 Å². The third-order valence-electron chi connectivity index (χ3n) is 4.84. The van der Waals surface area contributed by atoms with Gasteiger partial charge < -0.3 is 5.32 Å². The van der Waals surface area contributed by atoms with Crippen LogP contribution in [0.3, 0.4) is 0 Å². The van der Waals surface area contributed by atoms with E-state index < -0.39 is 17.8 Å². The maximum Gasteiger partial charge on any atom is 0.416 e. The summed E-state index contributed by atoms with van der Waals surface area (Å²) in [7, 11) is 1.60. The standard InChI is InChI=1S/C21H17F3N4OS/c1-12(15-5-3-4-6-16(15)21(22,23)24)28-11-14-9-13(7-8-17(14)27-28)10-18-19(25-2)26-20(29)30-18/h3-12H,1-2H3,(H,25,26,29)/b18-10-/t12-/m0/s1. The number of amides is 1. The fourth-order valence-electron chi connectivity index (χ4n) is 3.36. The highest BCUT2D eigenvalue weighted by molar-refractivity contribution is 8.18. The third-order valence-corrected chi connectivity index (χ3v) is 5.66. The minimum Gasteiger partial charge on any atom is -0.300 e. The van der Waals surface area contributed by atoms with Crippen LogP contribution in [0.4, 0.5) is 18.0 Å². The molecule has 1 aliphatic rings. The monoisotopic (exact) mass is 430 g/mol. The number of alkyl halides is 3. The summed E-state index contributed by atoms with van der Waals surface area (Å²) in [4.78, 5) is 16.3. The number of amidine groups is 1. The van der Waals surface area contributed by atoms with Crippen molar-refractivity contribution in [2.75, 3.05) is 7.05 Å². The lowest BCUT2D eigenvalue weighted by Crippen LogP contribution is -2.18. The first kappa shape index (κ1) is 20.2. The van der Waals surface area contributed by atoms with E-state index in [1.54, 1.807) is 37.0 Å². The number of nitrogens with zero attached hydrogens (tertiary/aromatic N) is 3. The van der Waals surface area contributed by atoms with Crippen molar-refractivity contribution in [3.05, 3.63) is 70.3 Å². The van der Waals surface area contributed by atoms with Crippen LogP contribution >= 0.6 is 11.8 Å². The number of halogens is 3. The van der Waals surface area contributed by atoms with Gasteiger partial charge in [0.1, 0.15) is 5.84 Å². The molecule has 0 aliphatic carbocycles. The Morgan fingerprint density at radius 3 is 2.73 bits per heavy atom. The molecule has 0 bridgehead atoms. The molecule has 1 N–H and O–H groups in total. The maximum absolute atomic E-state index is 13.4. The zero-order valence-electron chi connectivity index (χ0n) is 16.1. The van der Waals surface area contributed by atoms with Crippen LogP contribution in [0.15, 0.2) is 58.6 Å². The Kier molecular flexibility index (Phi) is 5.15. The Bertz CT molecular complexity index is 1200. The average molecular weight is 430 g/mol. The molecule has 1 fully saturated rings. The van der Waals surface area contributed by atoms with Crippen LogP contribution in [0.25, 0.3) is 17.0 Å². The molecule has 4 rings (SSSR count). The second-order valence-corrected chi connectivity index (χ2v) is 7.80. The molecule has 154 valence electrons. The van der Waals surface area contributed by atoms with Gasteiger partial charge in [-0.1, -0.05) is 24.3 Å². The fraction of sp³-hybridized carbons (Fsp3) is 0.190. The van der Waals surface area contributed by atoms with Gasteiger partial charge in [-0.05, 0) is 54.1 Å². The van der Waals surface area contributed by atoms with Gasteiger partial charge >= 0.3 is 6.18 Å². The van der Waals surface area contributed by atoms with E-state index in [1.165, 1.54) is 12.1 Å². The number of aliphatic imine (C=N–C) groups is 1. The lowest BCUT2D eigenvalue weighted by Gasteiger charge is -2.18. The van der Waals surface area contributed by atoms with Crippen LogP contribution < -0.4 is 5.32 Å². The predicted octanol–water partition coefficient (Wildman–Crippen LogP) is 5.49. The van der Waals surface area contributed by atoms with E-state index in [-0.39, 0.29) is 10.8 Å². The summed E-state index contributed by atoms with van der Waals surface area (Å²) in [5, 5.41) is 7.73. The van der Waals surface area contributed by atoms with E-state index in [1.807, 2.05) is 18.2 Å². The van der Waals surface area contributed by atoms with Crippen molar-refractivity contribution in [2.24, 2.45) is 4.99 Å². The quantitative estimate of drug-likeness (QED) is 0.598. The number of rotatable bonds is 3. The molecule has 0 spiro atoms. The number of fused-ring (bicyclic) bond motifs is 1. The predicted molar refractivity (Wildman–Crippen MR) is 112 cm³/mol. The largest absolute Gasteiger partial charge is 0.416 e. The van der Waals surface area contributed by atoms with E-state index in [2.05, 4.69) is 15.4 Å². The number of carbonyl (C=O) groups is 1. The lowest BCUT2D eigenvalue weighted by atomic mass is 10.0. The van der Waals surface area contributed by atoms with Gasteiger partial charge in [0.2, 0.25) is 0 Å². The Morgan fingerprint density at radius 2 is 2.00 bits per heavy atom.